The van der Waals surface area contributed by atoms with Crippen molar-refractivity contribution >= 4 is 10.8 Å². The molecule has 294 valence electrons. The van der Waals surface area contributed by atoms with E-state index in [9.17, 15) is 0 Å². The number of hydrogen-bond acceptors (Lipinski definition) is 3. The third-order valence-corrected chi connectivity index (χ3v) is 12.1. The monoisotopic (exact) mass is 772 g/mol. The smallest absolute Gasteiger partial charge is 0.119 e. The predicted octanol–water partition coefficient (Wildman–Crippen LogP) is 14.2. The molecule has 8 aromatic carbocycles. The molecule has 1 N–H and O–H groups in total. The number of fused-ring (bicyclic) bond motifs is 7. The highest BCUT2D eigenvalue weighted by Gasteiger charge is 2.41. The van der Waals surface area contributed by atoms with Gasteiger partial charge in [0.15, 0.2) is 0 Å². The van der Waals surface area contributed by atoms with Crippen LogP contribution in [0.4, 0.5) is 0 Å². The van der Waals surface area contributed by atoms with Gasteiger partial charge in [0.2, 0.25) is 0 Å². The van der Waals surface area contributed by atoms with E-state index in [1.807, 2.05) is 44.2 Å². The first-order chi connectivity index (χ1) is 28.9. The van der Waals surface area contributed by atoms with E-state index in [0.29, 0.717) is 19.0 Å². The van der Waals surface area contributed by atoms with Gasteiger partial charge in [0.05, 0.1) is 13.2 Å². The summed E-state index contributed by atoms with van der Waals surface area (Å²) in [5.74, 6) is 2.14. The first-order valence-corrected chi connectivity index (χ1v) is 21.0. The maximum absolute atomic E-state index is 9.13. The zero-order chi connectivity index (χ0) is 40.8. The molecule has 0 fully saturated rings. The van der Waals surface area contributed by atoms with E-state index in [2.05, 4.69) is 159 Å². The van der Waals surface area contributed by atoms with Gasteiger partial charge in [0.25, 0.3) is 0 Å². The maximum Gasteiger partial charge on any atom is 0.119 e. The largest absolute Gasteiger partial charge is 0.508 e. The van der Waals surface area contributed by atoms with E-state index in [4.69, 9.17) is 14.6 Å². The fraction of sp³-hybridized carbons (Fsp3) is 0.179. The van der Waals surface area contributed by atoms with Gasteiger partial charge in [0, 0.05) is 10.8 Å². The molecule has 0 spiro atoms. The summed E-state index contributed by atoms with van der Waals surface area (Å²) >= 11 is 0. The van der Waals surface area contributed by atoms with Gasteiger partial charge in [-0.05, 0) is 129 Å². The average molecular weight is 773 g/mol. The molecule has 0 bridgehead atoms. The van der Waals surface area contributed by atoms with Crippen molar-refractivity contribution in [3.8, 4) is 39.5 Å². The predicted molar refractivity (Wildman–Crippen MR) is 245 cm³/mol. The van der Waals surface area contributed by atoms with Crippen molar-refractivity contribution in [2.45, 2.75) is 51.4 Å². The molecule has 3 nitrogen and oxygen atoms in total. The highest BCUT2D eigenvalue weighted by atomic mass is 16.5. The molecule has 0 atom stereocenters. The van der Waals surface area contributed by atoms with Gasteiger partial charge >= 0.3 is 0 Å². The Morgan fingerprint density at radius 2 is 0.729 bits per heavy atom. The average Bonchev–Trinajstić information content (AvgIpc) is 3.72. The first-order valence-electron chi connectivity index (χ1n) is 21.0. The quantitative estimate of drug-likeness (QED) is 0.149. The van der Waals surface area contributed by atoms with Gasteiger partial charge in [-0.2, -0.15) is 0 Å². The summed E-state index contributed by atoms with van der Waals surface area (Å²) in [7, 11) is 0. The number of phenolic OH excluding ortho intramolecular Hbond substituents is 1. The lowest BCUT2D eigenvalue weighted by molar-refractivity contribution is 0.266. The first kappa shape index (κ1) is 39.3. The fourth-order valence-corrected chi connectivity index (χ4v) is 9.06. The third-order valence-electron chi connectivity index (χ3n) is 12.1. The Kier molecular flexibility index (Phi) is 11.4. The minimum Gasteiger partial charge on any atom is -0.508 e. The Morgan fingerprint density at radius 1 is 0.390 bits per heavy atom. The second kappa shape index (κ2) is 17.1. The second-order valence-corrected chi connectivity index (χ2v) is 15.4. The SMILES string of the molecule is CC.CC1(c2ccc(OCCCCOc3ccc(C4(C)c5ccccc5-c5ccccc54)cc3)cc2)c2ccccc2-c2ccccc21.Oc1ccc2ccccc2c1. The summed E-state index contributed by atoms with van der Waals surface area (Å²) in [6, 6.07) is 65.8. The molecule has 2 aliphatic carbocycles. The maximum atomic E-state index is 9.13. The van der Waals surface area contributed by atoms with Crippen LogP contribution in [-0.2, 0) is 10.8 Å². The van der Waals surface area contributed by atoms with Crippen molar-refractivity contribution in [3.05, 3.63) is 221 Å². The minimum atomic E-state index is -0.176. The third kappa shape index (κ3) is 7.38. The zero-order valence-electron chi connectivity index (χ0n) is 34.5. The Balaban J connectivity index is 0.000000319. The lowest BCUT2D eigenvalue weighted by Gasteiger charge is -2.28. The number of unbranched alkanes of at least 4 members (excludes halogenated alkanes) is 1. The lowest BCUT2D eigenvalue weighted by atomic mass is 9.74. The summed E-state index contributed by atoms with van der Waals surface area (Å²) < 4.78 is 12.3. The van der Waals surface area contributed by atoms with Crippen LogP contribution in [0.15, 0.2) is 188 Å². The molecule has 0 amide bonds. The summed E-state index contributed by atoms with van der Waals surface area (Å²) in [6.07, 6.45) is 1.87. The number of benzene rings is 8. The van der Waals surface area contributed by atoms with Crippen molar-refractivity contribution < 1.29 is 14.6 Å². The Hall–Kier alpha value is -6.58. The van der Waals surface area contributed by atoms with Crippen molar-refractivity contribution in [1.29, 1.82) is 0 Å². The molecular weight excluding hydrogens is 721 g/mol. The van der Waals surface area contributed by atoms with E-state index in [1.54, 1.807) is 12.1 Å². The van der Waals surface area contributed by atoms with Crippen LogP contribution < -0.4 is 9.47 Å². The molecule has 3 heteroatoms. The van der Waals surface area contributed by atoms with E-state index in [-0.39, 0.29) is 10.8 Å². The molecule has 0 unspecified atom stereocenters. The number of rotatable bonds is 9. The molecule has 0 radical (unpaired) electrons. The highest BCUT2D eigenvalue weighted by Crippen LogP contribution is 2.53. The van der Waals surface area contributed by atoms with Crippen molar-refractivity contribution in [2.75, 3.05) is 13.2 Å². The van der Waals surface area contributed by atoms with Gasteiger partial charge in [0.1, 0.15) is 17.2 Å². The number of hydrogen-bond donors (Lipinski definition) is 1. The molecule has 0 saturated heterocycles. The van der Waals surface area contributed by atoms with Crippen LogP contribution in [-0.4, -0.2) is 18.3 Å². The van der Waals surface area contributed by atoms with Crippen molar-refractivity contribution in [1.82, 2.24) is 0 Å². The van der Waals surface area contributed by atoms with E-state index < -0.39 is 0 Å². The van der Waals surface area contributed by atoms with Crippen molar-refractivity contribution in [2.24, 2.45) is 0 Å². The van der Waals surface area contributed by atoms with E-state index in [1.165, 1.54) is 55.6 Å². The highest BCUT2D eigenvalue weighted by molar-refractivity contribution is 5.85. The van der Waals surface area contributed by atoms with Crippen molar-refractivity contribution in [3.63, 3.8) is 0 Å². The molecule has 10 rings (SSSR count). The van der Waals surface area contributed by atoms with Crippen LogP contribution in [0, 0.1) is 0 Å². The van der Waals surface area contributed by atoms with Gasteiger partial charge in [-0.3, -0.25) is 0 Å². The van der Waals surface area contributed by atoms with E-state index in [0.717, 1.165) is 35.1 Å². The summed E-state index contributed by atoms with van der Waals surface area (Å²) in [4.78, 5) is 0. The van der Waals surface area contributed by atoms with Gasteiger partial charge < -0.3 is 14.6 Å². The molecule has 0 saturated carbocycles. The minimum absolute atomic E-state index is 0.176. The van der Waals surface area contributed by atoms with Crippen LogP contribution in [0.1, 0.15) is 73.9 Å². The van der Waals surface area contributed by atoms with Crippen LogP contribution in [0.25, 0.3) is 33.0 Å². The van der Waals surface area contributed by atoms with Crippen LogP contribution >= 0.6 is 0 Å². The van der Waals surface area contributed by atoms with E-state index >= 15 is 0 Å². The Bertz CT molecular complexity index is 2430. The molecule has 0 aliphatic heterocycles. The number of aromatic hydroxyl groups is 1. The summed E-state index contributed by atoms with van der Waals surface area (Å²) in [5.41, 5.74) is 13.0. The summed E-state index contributed by atoms with van der Waals surface area (Å²) in [5, 5.41) is 11.4. The van der Waals surface area contributed by atoms with Gasteiger partial charge in [-0.15, -0.1) is 0 Å². The van der Waals surface area contributed by atoms with Crippen LogP contribution in [0.5, 0.6) is 17.2 Å². The second-order valence-electron chi connectivity index (χ2n) is 15.4. The normalized spacial score (nSPS) is 13.4. The van der Waals surface area contributed by atoms with Gasteiger partial charge in [-0.25, -0.2) is 0 Å². The molecule has 2 aliphatic rings. The van der Waals surface area contributed by atoms with Gasteiger partial charge in [-0.1, -0.05) is 166 Å². The van der Waals surface area contributed by atoms with Crippen LogP contribution in [0.3, 0.4) is 0 Å². The lowest BCUT2D eigenvalue weighted by Crippen LogP contribution is -2.22. The topological polar surface area (TPSA) is 38.7 Å². The Labute approximate surface area is 349 Å². The fourth-order valence-electron chi connectivity index (χ4n) is 9.06. The molecule has 0 heterocycles. The zero-order valence-corrected chi connectivity index (χ0v) is 34.5. The molecular formula is C56H52O3. The Morgan fingerprint density at radius 3 is 1.12 bits per heavy atom. The standard InChI is InChI=1S/C44H38O2.C10H8O.C2H6/c1-43(39-17-7-3-13-35(39)36-14-4-8-18-40(36)43)31-21-25-33(26-22-31)45-29-11-12-30-46-34-27-23-32(24-28-34)44(2)41-19-9-5-15-37(41)38-16-6-10-20-42(38)44;11-10-6-5-8-3-1-2-4-9(8)7-10;1-2/h3-10,13-28H,11-12,29-30H2,1-2H3;1-7,11H;1-2H3. The molecule has 0 aromatic heterocycles. The number of phenols is 1. The molecule has 8 aromatic rings. The summed E-state index contributed by atoms with van der Waals surface area (Å²) in [6.45, 7) is 10.0. The number of ether oxygens (including phenoxy) is 2. The van der Waals surface area contributed by atoms with Crippen LogP contribution in [0.2, 0.25) is 0 Å². The molecule has 59 heavy (non-hydrogen) atoms.